The lowest BCUT2D eigenvalue weighted by atomic mass is 9.57. The van der Waals surface area contributed by atoms with Gasteiger partial charge in [0, 0.05) is 21.2 Å². The maximum Gasteiger partial charge on any atom is 0.234 e. The molecule has 8 nitrogen and oxygen atoms in total. The summed E-state index contributed by atoms with van der Waals surface area (Å²) in [6, 6.07) is 12.6. The number of hydrogen-bond acceptors (Lipinski definition) is 8. The molecule has 210 valence electrons. The number of likely N-dealkylation sites (tertiary alicyclic amines) is 2. The molecule has 0 spiro atoms. The molecule has 4 heterocycles. The van der Waals surface area contributed by atoms with E-state index in [1.54, 1.807) is 18.2 Å². The van der Waals surface area contributed by atoms with E-state index in [1.165, 1.54) is 39.6 Å². The van der Waals surface area contributed by atoms with Crippen LogP contribution < -0.4 is 4.74 Å². The number of fused-ring (bicyclic) bond motifs is 4. The van der Waals surface area contributed by atoms with Crippen LogP contribution in [-0.2, 0) is 32.3 Å². The Bertz CT molecular complexity index is 1580. The molecule has 2 aliphatic heterocycles. The molecule has 7 rings (SSSR count). The fourth-order valence-corrected chi connectivity index (χ4v) is 8.88. The van der Waals surface area contributed by atoms with Crippen LogP contribution in [0.1, 0.15) is 34.1 Å². The molecular formula is C31H28N2O6S2. The largest absolute Gasteiger partial charge is 0.508 e. The summed E-state index contributed by atoms with van der Waals surface area (Å²) in [5.41, 5.74) is 1.29. The zero-order valence-electron chi connectivity index (χ0n) is 22.3. The monoisotopic (exact) mass is 588 g/mol. The highest BCUT2D eigenvalue weighted by Gasteiger charge is 2.62. The summed E-state index contributed by atoms with van der Waals surface area (Å²) in [5.74, 6) is -4.16. The average molecular weight is 589 g/mol. The van der Waals surface area contributed by atoms with Gasteiger partial charge in [0.05, 0.1) is 43.9 Å². The molecule has 6 atom stereocenters. The molecule has 0 unspecified atom stereocenters. The number of phenols is 1. The Balaban J connectivity index is 1.32. The Morgan fingerprint density at radius 3 is 2.05 bits per heavy atom. The lowest BCUT2D eigenvalue weighted by Crippen LogP contribution is -2.43. The van der Waals surface area contributed by atoms with Crippen molar-refractivity contribution in [3.05, 3.63) is 80.2 Å². The number of aromatic hydroxyl groups is 1. The molecule has 2 aliphatic carbocycles. The minimum atomic E-state index is -0.738. The third-order valence-electron chi connectivity index (χ3n) is 9.19. The first-order chi connectivity index (χ1) is 19.9. The third kappa shape index (κ3) is 3.99. The smallest absolute Gasteiger partial charge is 0.234 e. The number of ether oxygens (including phenoxy) is 1. The van der Waals surface area contributed by atoms with Gasteiger partial charge in [-0.25, -0.2) is 0 Å². The predicted molar refractivity (Wildman–Crippen MR) is 152 cm³/mol. The second-order valence-electron chi connectivity index (χ2n) is 11.1. The molecule has 0 radical (unpaired) electrons. The summed E-state index contributed by atoms with van der Waals surface area (Å²) in [6.07, 6.45) is 2.66. The van der Waals surface area contributed by atoms with E-state index >= 15 is 0 Å². The topological polar surface area (TPSA) is 104 Å². The molecule has 1 aromatic carbocycles. The van der Waals surface area contributed by atoms with E-state index in [4.69, 9.17) is 4.74 Å². The summed E-state index contributed by atoms with van der Waals surface area (Å²) < 4.78 is 5.66. The highest BCUT2D eigenvalue weighted by molar-refractivity contribution is 7.10. The maximum atomic E-state index is 14.1. The van der Waals surface area contributed by atoms with Crippen molar-refractivity contribution < 1.29 is 29.0 Å². The van der Waals surface area contributed by atoms with Crippen molar-refractivity contribution in [2.75, 3.05) is 7.11 Å². The highest BCUT2D eigenvalue weighted by atomic mass is 32.1. The van der Waals surface area contributed by atoms with Crippen LogP contribution in [0.4, 0.5) is 0 Å². The van der Waals surface area contributed by atoms with Gasteiger partial charge in [0.2, 0.25) is 23.6 Å². The summed E-state index contributed by atoms with van der Waals surface area (Å²) in [7, 11) is 1.51. The number of methoxy groups -OCH3 is 1. The summed E-state index contributed by atoms with van der Waals surface area (Å²) in [6.45, 7) is 0.425. The Morgan fingerprint density at radius 2 is 1.44 bits per heavy atom. The lowest BCUT2D eigenvalue weighted by molar-refractivity contribution is -0.142. The van der Waals surface area contributed by atoms with Crippen molar-refractivity contribution in [1.82, 2.24) is 9.80 Å². The number of hydrogen-bond donors (Lipinski definition) is 1. The first-order valence-corrected chi connectivity index (χ1v) is 15.5. The molecule has 3 aromatic rings. The molecule has 1 saturated carbocycles. The molecule has 41 heavy (non-hydrogen) atoms. The van der Waals surface area contributed by atoms with E-state index in [0.717, 1.165) is 15.3 Å². The Kier molecular flexibility index (Phi) is 6.35. The van der Waals surface area contributed by atoms with Gasteiger partial charge in [-0.3, -0.25) is 29.0 Å². The van der Waals surface area contributed by atoms with Gasteiger partial charge in [0.1, 0.15) is 11.5 Å². The van der Waals surface area contributed by atoms with Crippen LogP contribution >= 0.6 is 22.7 Å². The van der Waals surface area contributed by atoms with Gasteiger partial charge in [0.15, 0.2) is 0 Å². The highest BCUT2D eigenvalue weighted by Crippen LogP contribution is 2.60. The van der Waals surface area contributed by atoms with E-state index in [-0.39, 0.29) is 42.5 Å². The standard InChI is InChI=1S/C31H28N2O6S2/c1-39-23-8-2-7-22(34)27(23)25-18-9-10-19-24(30(37)32(28(19)35)14-16-5-3-11-40-16)20(18)13-21-26(25)31(38)33(29(21)36)15-17-6-4-12-41-17/h2-9,11-12,19-21,24-26,34H,10,13-15H2,1H3/t19-,20+,21+,24-,25-,26+/m0/s1. The zero-order chi connectivity index (χ0) is 28.4. The second kappa shape index (κ2) is 9.95. The van der Waals surface area contributed by atoms with Crippen molar-refractivity contribution in [3.8, 4) is 11.5 Å². The van der Waals surface area contributed by atoms with Crippen molar-refractivity contribution in [1.29, 1.82) is 0 Å². The molecule has 3 fully saturated rings. The Hall–Kier alpha value is -3.76. The molecule has 0 bridgehead atoms. The van der Waals surface area contributed by atoms with Crippen molar-refractivity contribution >= 4 is 46.3 Å². The van der Waals surface area contributed by atoms with Crippen molar-refractivity contribution in [2.45, 2.75) is 31.8 Å². The summed E-state index contributed by atoms with van der Waals surface area (Å²) >= 11 is 2.98. The van der Waals surface area contributed by atoms with Gasteiger partial charge in [-0.05, 0) is 53.8 Å². The quantitative estimate of drug-likeness (QED) is 0.335. The molecule has 2 saturated heterocycles. The molecular weight excluding hydrogens is 560 g/mol. The van der Waals surface area contributed by atoms with Gasteiger partial charge in [-0.15, -0.1) is 22.7 Å². The van der Waals surface area contributed by atoms with Crippen LogP contribution in [0, 0.1) is 29.6 Å². The minimum Gasteiger partial charge on any atom is -0.508 e. The summed E-state index contributed by atoms with van der Waals surface area (Å²) in [5, 5.41) is 15.0. The number of thiophene rings is 2. The van der Waals surface area contributed by atoms with Crippen LogP contribution in [0.15, 0.2) is 64.9 Å². The fourth-order valence-electron chi connectivity index (χ4n) is 7.49. The van der Waals surface area contributed by atoms with Crippen LogP contribution in [0.25, 0.3) is 0 Å². The van der Waals surface area contributed by atoms with Gasteiger partial charge in [0.25, 0.3) is 0 Å². The van der Waals surface area contributed by atoms with Gasteiger partial charge in [-0.1, -0.05) is 29.8 Å². The number of amides is 4. The number of carbonyl (C=O) groups excluding carboxylic acids is 4. The number of imide groups is 2. The Morgan fingerprint density at radius 1 is 0.805 bits per heavy atom. The first kappa shape index (κ1) is 26.2. The molecule has 2 aromatic heterocycles. The number of nitrogens with zero attached hydrogens (tertiary/aromatic N) is 2. The number of phenolic OH excluding ortho intramolecular Hbond substituents is 1. The maximum absolute atomic E-state index is 14.1. The van der Waals surface area contributed by atoms with Gasteiger partial charge >= 0.3 is 0 Å². The fraction of sp³-hybridized carbons (Fsp3) is 0.355. The van der Waals surface area contributed by atoms with Crippen molar-refractivity contribution in [3.63, 3.8) is 0 Å². The minimum absolute atomic E-state index is 0.0260. The molecule has 10 heteroatoms. The molecule has 4 amide bonds. The third-order valence-corrected chi connectivity index (χ3v) is 10.9. The molecule has 4 aliphatic rings. The number of allylic oxidation sites excluding steroid dienone is 2. The van der Waals surface area contributed by atoms with E-state index in [0.29, 0.717) is 24.2 Å². The first-order valence-electron chi connectivity index (χ1n) is 13.7. The average Bonchev–Trinajstić information content (AvgIpc) is 3.77. The number of rotatable bonds is 6. The zero-order valence-corrected chi connectivity index (χ0v) is 23.9. The Labute approximate surface area is 244 Å². The van der Waals surface area contributed by atoms with Crippen molar-refractivity contribution in [2.24, 2.45) is 29.6 Å². The van der Waals surface area contributed by atoms with Crippen LogP contribution in [0.3, 0.4) is 0 Å². The van der Waals surface area contributed by atoms with E-state index in [2.05, 4.69) is 0 Å². The SMILES string of the molecule is COc1cccc(O)c1[C@H]1C2=CC[C@@H]3C(=O)N(Cc4cccs4)C(=O)[C@@H]3[C@@H]2C[C@H]2C(=O)N(Cc3cccs3)C(=O)[C@@H]12. The van der Waals surface area contributed by atoms with Gasteiger partial charge in [-0.2, -0.15) is 0 Å². The van der Waals surface area contributed by atoms with Crippen LogP contribution in [-0.4, -0.2) is 45.6 Å². The number of carbonyl (C=O) groups is 4. The van der Waals surface area contributed by atoms with Gasteiger partial charge < -0.3 is 9.84 Å². The van der Waals surface area contributed by atoms with Crippen LogP contribution in [0.2, 0.25) is 0 Å². The van der Waals surface area contributed by atoms with E-state index in [1.807, 2.05) is 41.1 Å². The van der Waals surface area contributed by atoms with E-state index < -0.39 is 35.5 Å². The normalized spacial score (nSPS) is 29.0. The summed E-state index contributed by atoms with van der Waals surface area (Å²) in [4.78, 5) is 59.9. The molecule has 1 N–H and O–H groups in total. The second-order valence-corrected chi connectivity index (χ2v) is 13.2. The van der Waals surface area contributed by atoms with Crippen LogP contribution in [0.5, 0.6) is 11.5 Å². The lowest BCUT2D eigenvalue weighted by Gasteiger charge is -2.44. The number of benzene rings is 1. The predicted octanol–water partition coefficient (Wildman–Crippen LogP) is 4.56. The van der Waals surface area contributed by atoms with E-state index in [9.17, 15) is 24.3 Å².